The molecule has 0 N–H and O–H groups in total. The standard InChI is InChI=1S/2C5H5.Hf.2H/c2*1-2-4-5-3-1;;;/h2*1-3H,4H2;;;/q2*-1;+4;2*-1. The molecule has 2 aliphatic rings. The second kappa shape index (κ2) is 7.93. The fourth-order valence-electron chi connectivity index (χ4n) is 0.680. The van der Waals surface area contributed by atoms with Crippen LogP contribution >= 0.6 is 0 Å². The predicted molar refractivity (Wildman–Crippen MR) is 45.4 cm³/mol. The third-order valence-corrected chi connectivity index (χ3v) is 1.17. The molecule has 0 bridgehead atoms. The maximum atomic E-state index is 2.99. The predicted octanol–water partition coefficient (Wildman–Crippen LogP) is 2.83. The van der Waals surface area contributed by atoms with Gasteiger partial charge in [0.15, 0.2) is 0 Å². The Balaban J connectivity index is -0.000000125. The van der Waals surface area contributed by atoms with Crippen LogP contribution < -0.4 is 0 Å². The summed E-state index contributed by atoms with van der Waals surface area (Å²) in [7, 11) is 0. The van der Waals surface area contributed by atoms with Crippen LogP contribution in [0.4, 0.5) is 0 Å². The summed E-state index contributed by atoms with van der Waals surface area (Å²) >= 11 is 0. The van der Waals surface area contributed by atoms with Crippen LogP contribution in [0.5, 0.6) is 0 Å². The minimum atomic E-state index is 0. The van der Waals surface area contributed by atoms with Crippen molar-refractivity contribution in [3.05, 3.63) is 48.6 Å². The Hall–Kier alpha value is -0.170. The van der Waals surface area contributed by atoms with E-state index in [1.807, 2.05) is 24.3 Å². The largest absolute Gasteiger partial charge is 4.00 e. The van der Waals surface area contributed by atoms with Crippen LogP contribution in [-0.4, -0.2) is 0 Å². The molecule has 2 aliphatic carbocycles. The Morgan fingerprint density at radius 3 is 1.45 bits per heavy atom. The van der Waals surface area contributed by atoms with Crippen LogP contribution in [0.1, 0.15) is 15.7 Å². The topological polar surface area (TPSA) is 0 Å². The van der Waals surface area contributed by atoms with E-state index in [0.717, 1.165) is 12.8 Å². The third kappa shape index (κ3) is 6.24. The second-order valence-electron chi connectivity index (χ2n) is 2.01. The van der Waals surface area contributed by atoms with Crippen LogP contribution in [0, 0.1) is 12.2 Å². The molecule has 1 heteroatoms. The SMILES string of the molecule is [C-]1=CC=CC1.[C-]1=CC=CC1.[H-].[H-].[Hf+4]. The number of allylic oxidation sites excluding steroid dienone is 8. The monoisotopic (exact) mass is 312 g/mol. The van der Waals surface area contributed by atoms with E-state index in [2.05, 4.69) is 24.3 Å². The van der Waals surface area contributed by atoms with E-state index < -0.39 is 0 Å². The van der Waals surface area contributed by atoms with Crippen molar-refractivity contribution >= 4 is 0 Å². The van der Waals surface area contributed by atoms with Gasteiger partial charge in [-0.05, 0) is 0 Å². The van der Waals surface area contributed by atoms with Gasteiger partial charge in [-0.1, -0.05) is 0 Å². The van der Waals surface area contributed by atoms with E-state index in [0.29, 0.717) is 0 Å². The molecule has 0 spiro atoms. The third-order valence-electron chi connectivity index (χ3n) is 1.17. The van der Waals surface area contributed by atoms with Gasteiger partial charge in [0.25, 0.3) is 0 Å². The molecular weight excluding hydrogens is 299 g/mol. The van der Waals surface area contributed by atoms with Gasteiger partial charge in [-0.3, -0.25) is 12.2 Å². The molecule has 0 saturated carbocycles. The van der Waals surface area contributed by atoms with Gasteiger partial charge in [0.2, 0.25) is 0 Å². The van der Waals surface area contributed by atoms with Gasteiger partial charge in [-0.15, -0.1) is 12.8 Å². The average molecular weight is 311 g/mol. The summed E-state index contributed by atoms with van der Waals surface area (Å²) in [5, 5.41) is 0. The van der Waals surface area contributed by atoms with Crippen LogP contribution in [0.25, 0.3) is 0 Å². The first kappa shape index (κ1) is 10.8. The molecule has 0 aliphatic heterocycles. The number of hydrogen-bond donors (Lipinski definition) is 0. The van der Waals surface area contributed by atoms with E-state index in [9.17, 15) is 0 Å². The molecule has 0 aromatic rings. The Morgan fingerprint density at radius 1 is 0.909 bits per heavy atom. The van der Waals surface area contributed by atoms with E-state index in [4.69, 9.17) is 0 Å². The van der Waals surface area contributed by atoms with Gasteiger partial charge in [0.1, 0.15) is 0 Å². The average Bonchev–Trinajstić information content (AvgIpc) is 2.67. The summed E-state index contributed by atoms with van der Waals surface area (Å²) in [6, 6.07) is 0. The maximum Gasteiger partial charge on any atom is 4.00 e. The molecule has 56 valence electrons. The van der Waals surface area contributed by atoms with E-state index in [-0.39, 0.29) is 28.7 Å². The summed E-state index contributed by atoms with van der Waals surface area (Å²) in [6.45, 7) is 0. The molecule has 0 fully saturated rings. The summed E-state index contributed by atoms with van der Waals surface area (Å²) in [5.41, 5.74) is 0. The number of hydrogen-bond acceptors (Lipinski definition) is 0. The van der Waals surface area contributed by atoms with Gasteiger partial charge in [0, 0.05) is 0 Å². The quantitative estimate of drug-likeness (QED) is 0.477. The molecule has 11 heavy (non-hydrogen) atoms. The van der Waals surface area contributed by atoms with Gasteiger partial charge in [-0.2, -0.15) is 12.2 Å². The Labute approximate surface area is 90.1 Å². The number of rotatable bonds is 0. The van der Waals surface area contributed by atoms with Crippen molar-refractivity contribution < 1.29 is 28.7 Å². The minimum absolute atomic E-state index is 0. The normalized spacial score (nSPS) is 16.0. The zero-order chi connectivity index (χ0) is 7.07. The molecular formula is C10H12Hf. The molecule has 0 amide bonds. The van der Waals surface area contributed by atoms with Crippen LogP contribution in [0.2, 0.25) is 0 Å². The molecule has 0 atom stereocenters. The molecule has 2 rings (SSSR count). The smallest absolute Gasteiger partial charge is 1.00 e. The van der Waals surface area contributed by atoms with E-state index in [1.165, 1.54) is 0 Å². The van der Waals surface area contributed by atoms with Gasteiger partial charge < -0.3 is 2.85 Å². The molecule has 0 aromatic carbocycles. The van der Waals surface area contributed by atoms with Crippen molar-refractivity contribution in [1.82, 2.24) is 0 Å². The molecule has 0 heterocycles. The summed E-state index contributed by atoms with van der Waals surface area (Å²) in [5.74, 6) is 0. The fraction of sp³-hybridized carbons (Fsp3) is 0.200. The molecule has 0 aromatic heterocycles. The Kier molecular flexibility index (Phi) is 7.81. The van der Waals surface area contributed by atoms with Crippen LogP contribution in [0.3, 0.4) is 0 Å². The Morgan fingerprint density at radius 2 is 1.36 bits per heavy atom. The Bertz CT molecular complexity index is 151. The van der Waals surface area contributed by atoms with Gasteiger partial charge >= 0.3 is 25.8 Å². The molecule has 0 radical (unpaired) electrons. The maximum absolute atomic E-state index is 2.99. The summed E-state index contributed by atoms with van der Waals surface area (Å²) < 4.78 is 0. The summed E-state index contributed by atoms with van der Waals surface area (Å²) in [4.78, 5) is 0. The van der Waals surface area contributed by atoms with Crippen LogP contribution in [0.15, 0.2) is 36.5 Å². The van der Waals surface area contributed by atoms with Crippen molar-refractivity contribution in [2.75, 3.05) is 0 Å². The summed E-state index contributed by atoms with van der Waals surface area (Å²) in [6.07, 6.45) is 20.0. The second-order valence-corrected chi connectivity index (χ2v) is 2.01. The van der Waals surface area contributed by atoms with Crippen molar-refractivity contribution in [3.63, 3.8) is 0 Å². The molecule has 0 unspecified atom stereocenters. The van der Waals surface area contributed by atoms with Crippen LogP contribution in [-0.2, 0) is 25.8 Å². The van der Waals surface area contributed by atoms with Crippen molar-refractivity contribution in [3.8, 4) is 0 Å². The zero-order valence-corrected chi connectivity index (χ0v) is 9.97. The zero-order valence-electron chi connectivity index (χ0n) is 8.38. The van der Waals surface area contributed by atoms with E-state index in [1.54, 1.807) is 0 Å². The minimum Gasteiger partial charge on any atom is -1.00 e. The van der Waals surface area contributed by atoms with Crippen molar-refractivity contribution in [2.24, 2.45) is 0 Å². The van der Waals surface area contributed by atoms with E-state index >= 15 is 0 Å². The van der Waals surface area contributed by atoms with Gasteiger partial charge in [0.05, 0.1) is 0 Å². The molecule has 0 saturated heterocycles. The van der Waals surface area contributed by atoms with Crippen molar-refractivity contribution in [1.29, 1.82) is 0 Å². The first-order valence-electron chi connectivity index (χ1n) is 3.43. The van der Waals surface area contributed by atoms with Crippen molar-refractivity contribution in [2.45, 2.75) is 12.8 Å². The molecule has 0 nitrogen and oxygen atoms in total. The fourth-order valence-corrected chi connectivity index (χ4v) is 0.680. The van der Waals surface area contributed by atoms with Gasteiger partial charge in [-0.25, -0.2) is 24.3 Å². The first-order valence-corrected chi connectivity index (χ1v) is 3.43. The first-order chi connectivity index (χ1) is 5.00.